The number of anilines is 1. The second-order valence-electron chi connectivity index (χ2n) is 5.84. The average Bonchev–Trinajstić information content (AvgIpc) is 3.30. The molecule has 0 fully saturated rings. The molecule has 0 saturated heterocycles. The minimum atomic E-state index is -0.287. The van der Waals surface area contributed by atoms with Gasteiger partial charge in [0.2, 0.25) is 0 Å². The van der Waals surface area contributed by atoms with Gasteiger partial charge in [0.15, 0.2) is 0 Å². The van der Waals surface area contributed by atoms with Crippen LogP contribution in [0.2, 0.25) is 0 Å². The molecule has 2 amide bonds. The summed E-state index contributed by atoms with van der Waals surface area (Å²) in [5, 5.41) is 12.6. The normalized spacial score (nSPS) is 11.9. The van der Waals surface area contributed by atoms with Gasteiger partial charge in [0, 0.05) is 23.8 Å². The summed E-state index contributed by atoms with van der Waals surface area (Å²) in [7, 11) is 0. The van der Waals surface area contributed by atoms with Gasteiger partial charge >= 0.3 is 6.03 Å². The third kappa shape index (κ3) is 4.42. The first kappa shape index (κ1) is 18.0. The Morgan fingerprint density at radius 1 is 1.35 bits per heavy atom. The fraction of sp³-hybridized carbons (Fsp3) is 0.353. The third-order valence-corrected chi connectivity index (χ3v) is 4.71. The van der Waals surface area contributed by atoms with Crippen molar-refractivity contribution in [3.05, 3.63) is 41.9 Å². The molecule has 3 aromatic rings. The number of hydrogen-bond acceptors (Lipinski definition) is 6. The van der Waals surface area contributed by atoms with Crippen LogP contribution in [0, 0.1) is 0 Å². The number of amides is 2. The maximum absolute atomic E-state index is 12.2. The Balaban J connectivity index is 1.55. The summed E-state index contributed by atoms with van der Waals surface area (Å²) >= 11 is 1.47. The van der Waals surface area contributed by atoms with E-state index >= 15 is 0 Å². The lowest BCUT2D eigenvalue weighted by atomic mass is 10.2. The van der Waals surface area contributed by atoms with E-state index in [1.165, 1.54) is 11.3 Å². The first-order valence-corrected chi connectivity index (χ1v) is 9.34. The van der Waals surface area contributed by atoms with Crippen LogP contribution in [0.5, 0.6) is 0 Å². The number of nitrogens with one attached hydrogen (secondary N) is 2. The Morgan fingerprint density at radius 2 is 2.23 bits per heavy atom. The van der Waals surface area contributed by atoms with Crippen LogP contribution >= 0.6 is 11.3 Å². The minimum absolute atomic E-state index is 0.235. The number of carbonyl (C=O) groups is 1. The first-order chi connectivity index (χ1) is 12.7. The van der Waals surface area contributed by atoms with Gasteiger partial charge in [-0.15, -0.1) is 11.3 Å². The van der Waals surface area contributed by atoms with Gasteiger partial charge in [-0.1, -0.05) is 13.3 Å². The molecule has 3 heterocycles. The predicted molar refractivity (Wildman–Crippen MR) is 101 cm³/mol. The Hall–Kier alpha value is -2.81. The number of hydrogen-bond donors (Lipinski definition) is 2. The van der Waals surface area contributed by atoms with E-state index in [0.29, 0.717) is 12.4 Å². The lowest BCUT2D eigenvalue weighted by Crippen LogP contribution is -2.29. The predicted octanol–water partition coefficient (Wildman–Crippen LogP) is 3.48. The summed E-state index contributed by atoms with van der Waals surface area (Å²) in [6.45, 7) is 4.55. The van der Waals surface area contributed by atoms with Crippen LogP contribution < -0.4 is 10.6 Å². The van der Waals surface area contributed by atoms with Gasteiger partial charge in [-0.2, -0.15) is 5.10 Å². The minimum Gasteiger partial charge on any atom is -0.332 e. The zero-order valence-electron chi connectivity index (χ0n) is 14.7. The number of carbonyl (C=O) groups excluding carboxylic acids is 1. The van der Waals surface area contributed by atoms with Crippen LogP contribution in [0.4, 0.5) is 10.6 Å². The van der Waals surface area contributed by atoms with E-state index in [-0.39, 0.29) is 12.1 Å². The molecule has 0 aliphatic carbocycles. The maximum Gasteiger partial charge on any atom is 0.320 e. The molecule has 3 aromatic heterocycles. The van der Waals surface area contributed by atoms with Gasteiger partial charge in [0.1, 0.15) is 16.5 Å². The first-order valence-electron chi connectivity index (χ1n) is 8.46. The third-order valence-electron chi connectivity index (χ3n) is 3.80. The highest BCUT2D eigenvalue weighted by molar-refractivity contribution is 7.13. The van der Waals surface area contributed by atoms with Gasteiger partial charge in [-0.3, -0.25) is 15.3 Å². The van der Waals surface area contributed by atoms with Gasteiger partial charge in [-0.25, -0.2) is 14.5 Å². The van der Waals surface area contributed by atoms with E-state index in [2.05, 4.69) is 44.5 Å². The molecule has 8 nitrogen and oxygen atoms in total. The summed E-state index contributed by atoms with van der Waals surface area (Å²) in [5.41, 5.74) is 1.50. The van der Waals surface area contributed by atoms with E-state index in [9.17, 15) is 4.79 Å². The van der Waals surface area contributed by atoms with Crippen LogP contribution in [-0.2, 0) is 6.54 Å². The van der Waals surface area contributed by atoms with E-state index < -0.39 is 0 Å². The fourth-order valence-electron chi connectivity index (χ4n) is 2.55. The Kier molecular flexibility index (Phi) is 5.90. The zero-order valence-corrected chi connectivity index (χ0v) is 15.5. The highest BCUT2D eigenvalue weighted by Gasteiger charge is 2.12. The van der Waals surface area contributed by atoms with Crippen molar-refractivity contribution in [2.75, 3.05) is 5.32 Å². The molecule has 136 valence electrons. The van der Waals surface area contributed by atoms with Crippen LogP contribution in [0.1, 0.15) is 38.4 Å². The van der Waals surface area contributed by atoms with E-state index in [4.69, 9.17) is 0 Å². The molecule has 0 radical (unpaired) electrons. The van der Waals surface area contributed by atoms with E-state index in [1.807, 2.05) is 10.1 Å². The largest absolute Gasteiger partial charge is 0.332 e. The molecule has 0 spiro atoms. The van der Waals surface area contributed by atoms with Crippen LogP contribution in [-0.4, -0.2) is 30.8 Å². The molecule has 9 heteroatoms. The molecule has 26 heavy (non-hydrogen) atoms. The lowest BCUT2D eigenvalue weighted by molar-refractivity contribution is 0.251. The summed E-state index contributed by atoms with van der Waals surface area (Å²) < 4.78 is 1.83. The summed E-state index contributed by atoms with van der Waals surface area (Å²) in [6, 6.07) is 1.74. The van der Waals surface area contributed by atoms with Crippen molar-refractivity contribution in [2.24, 2.45) is 0 Å². The highest BCUT2D eigenvalue weighted by atomic mass is 32.1. The number of rotatable bonds is 7. The summed E-state index contributed by atoms with van der Waals surface area (Å²) in [5.74, 6) is 0.682. The number of aromatic nitrogens is 5. The quantitative estimate of drug-likeness (QED) is 0.663. The topological polar surface area (TPSA) is 97.6 Å². The smallest absolute Gasteiger partial charge is 0.320 e. The van der Waals surface area contributed by atoms with Crippen molar-refractivity contribution in [2.45, 2.75) is 39.3 Å². The Labute approximate surface area is 155 Å². The van der Waals surface area contributed by atoms with Gasteiger partial charge < -0.3 is 5.32 Å². The van der Waals surface area contributed by atoms with E-state index in [0.717, 1.165) is 29.2 Å². The summed E-state index contributed by atoms with van der Waals surface area (Å²) in [4.78, 5) is 24.9. The molecule has 0 aliphatic heterocycles. The van der Waals surface area contributed by atoms with Gasteiger partial charge in [-0.05, 0) is 13.3 Å². The molecule has 2 N–H and O–H groups in total. The molecular weight excluding hydrogens is 350 g/mol. The molecular formula is C17H21N7OS. The van der Waals surface area contributed by atoms with Crippen molar-refractivity contribution in [1.29, 1.82) is 0 Å². The monoisotopic (exact) mass is 371 g/mol. The number of urea groups is 1. The van der Waals surface area contributed by atoms with Crippen molar-refractivity contribution in [3.8, 4) is 10.7 Å². The van der Waals surface area contributed by atoms with Crippen molar-refractivity contribution in [1.82, 2.24) is 30.0 Å². The van der Waals surface area contributed by atoms with Gasteiger partial charge in [0.25, 0.3) is 0 Å². The summed E-state index contributed by atoms with van der Waals surface area (Å²) in [6.07, 6.45) is 8.67. The second kappa shape index (κ2) is 8.52. The molecule has 0 aromatic carbocycles. The van der Waals surface area contributed by atoms with Crippen molar-refractivity contribution in [3.63, 3.8) is 0 Å². The molecule has 1 unspecified atom stereocenters. The Morgan fingerprint density at radius 3 is 3.00 bits per heavy atom. The molecule has 0 bridgehead atoms. The molecule has 1 atom stereocenters. The fourth-order valence-corrected chi connectivity index (χ4v) is 3.33. The lowest BCUT2D eigenvalue weighted by Gasteiger charge is -2.15. The van der Waals surface area contributed by atoms with Crippen molar-refractivity contribution >= 4 is 23.2 Å². The number of nitrogens with zero attached hydrogens (tertiary/aromatic N) is 5. The number of thiazole rings is 1. The van der Waals surface area contributed by atoms with E-state index in [1.54, 1.807) is 30.9 Å². The zero-order chi connectivity index (χ0) is 18.4. The SMILES string of the molecule is CCCC(C)n1nccc1NC(=O)NCc1csc(-c2cnccn2)n1. The molecule has 0 saturated carbocycles. The van der Waals surface area contributed by atoms with Crippen LogP contribution in [0.25, 0.3) is 10.7 Å². The highest BCUT2D eigenvalue weighted by Crippen LogP contribution is 2.21. The van der Waals surface area contributed by atoms with Crippen LogP contribution in [0.15, 0.2) is 36.2 Å². The maximum atomic E-state index is 12.2. The van der Waals surface area contributed by atoms with Crippen molar-refractivity contribution < 1.29 is 4.79 Å². The second-order valence-corrected chi connectivity index (χ2v) is 6.70. The average molecular weight is 371 g/mol. The van der Waals surface area contributed by atoms with Gasteiger partial charge in [0.05, 0.1) is 30.7 Å². The standard InChI is InChI=1S/C17H21N7OS/c1-3-4-12(2)24-15(5-6-21-24)23-17(25)20-9-13-11-26-16(22-13)14-10-18-7-8-19-14/h5-8,10-12H,3-4,9H2,1-2H3,(H2,20,23,25). The molecule has 0 aliphatic rings. The van der Waals surface area contributed by atoms with Crippen LogP contribution in [0.3, 0.4) is 0 Å². The Bertz CT molecular complexity index is 846. The molecule has 3 rings (SSSR count).